The van der Waals surface area contributed by atoms with Crippen molar-refractivity contribution in [3.63, 3.8) is 0 Å². The molecule has 0 aromatic carbocycles. The van der Waals surface area contributed by atoms with Crippen LogP contribution in [0.25, 0.3) is 0 Å². The molecule has 1 aromatic rings. The van der Waals surface area contributed by atoms with Crippen LogP contribution in [0.15, 0.2) is 24.5 Å². The Hall–Kier alpha value is -1.46. The minimum absolute atomic E-state index is 0.00389. The number of nitrogens with zero attached hydrogens (tertiary/aromatic N) is 2. The lowest BCUT2D eigenvalue weighted by atomic mass is 10.0. The molecular formula is C14H21N3O2. The van der Waals surface area contributed by atoms with E-state index in [2.05, 4.69) is 15.2 Å². The fraction of sp³-hybridized carbons (Fsp3) is 0.571. The topological polar surface area (TPSA) is 65.5 Å². The first-order valence-electron chi connectivity index (χ1n) is 6.80. The highest BCUT2D eigenvalue weighted by atomic mass is 16.3. The summed E-state index contributed by atoms with van der Waals surface area (Å²) in [5, 5.41) is 12.2. The lowest BCUT2D eigenvalue weighted by molar-refractivity contribution is -0.123. The molecule has 0 bridgehead atoms. The maximum atomic E-state index is 11.9. The lowest BCUT2D eigenvalue weighted by Crippen LogP contribution is -2.46. The number of amides is 1. The van der Waals surface area contributed by atoms with Gasteiger partial charge in [-0.25, -0.2) is 0 Å². The van der Waals surface area contributed by atoms with E-state index in [1.165, 1.54) is 0 Å². The number of piperidine rings is 1. The summed E-state index contributed by atoms with van der Waals surface area (Å²) in [4.78, 5) is 18.0. The molecule has 1 fully saturated rings. The molecule has 1 aromatic heterocycles. The summed E-state index contributed by atoms with van der Waals surface area (Å²) in [5.41, 5.74) is 0.994. The number of rotatable bonds is 5. The molecule has 5 nitrogen and oxygen atoms in total. The van der Waals surface area contributed by atoms with Crippen molar-refractivity contribution in [3.05, 3.63) is 30.1 Å². The first-order valence-corrected chi connectivity index (χ1v) is 6.80. The summed E-state index contributed by atoms with van der Waals surface area (Å²) >= 11 is 0. The van der Waals surface area contributed by atoms with Gasteiger partial charge in [0.2, 0.25) is 5.91 Å². The van der Waals surface area contributed by atoms with Crippen molar-refractivity contribution in [2.75, 3.05) is 19.7 Å². The Morgan fingerprint density at radius 1 is 1.53 bits per heavy atom. The van der Waals surface area contributed by atoms with Gasteiger partial charge >= 0.3 is 0 Å². The van der Waals surface area contributed by atoms with Gasteiger partial charge in [-0.1, -0.05) is 12.5 Å². The number of hydrogen-bond donors (Lipinski definition) is 2. The van der Waals surface area contributed by atoms with Crippen molar-refractivity contribution < 1.29 is 9.90 Å². The number of likely N-dealkylation sites (tertiary alicyclic amines) is 1. The minimum Gasteiger partial charge on any atom is -0.395 e. The number of pyridine rings is 1. The van der Waals surface area contributed by atoms with Gasteiger partial charge in [0.05, 0.1) is 13.2 Å². The number of nitrogens with one attached hydrogen (secondary N) is 1. The monoisotopic (exact) mass is 263 g/mol. The van der Waals surface area contributed by atoms with Crippen LogP contribution in [0, 0.1) is 0 Å². The molecule has 0 aliphatic carbocycles. The zero-order valence-corrected chi connectivity index (χ0v) is 11.1. The van der Waals surface area contributed by atoms with E-state index < -0.39 is 0 Å². The third kappa shape index (κ3) is 4.29. The van der Waals surface area contributed by atoms with E-state index in [4.69, 9.17) is 0 Å². The molecule has 1 aliphatic rings. The summed E-state index contributed by atoms with van der Waals surface area (Å²) in [6, 6.07) is 3.93. The molecule has 104 valence electrons. The van der Waals surface area contributed by atoms with E-state index in [0.717, 1.165) is 31.4 Å². The molecule has 0 spiro atoms. The van der Waals surface area contributed by atoms with Crippen molar-refractivity contribution in [2.24, 2.45) is 0 Å². The summed E-state index contributed by atoms with van der Waals surface area (Å²) < 4.78 is 0. The standard InChI is InChI=1S/C14H21N3O2/c18-11-13-5-1-2-7-17(13)10-14(19)16-9-12-4-3-6-15-8-12/h3-4,6,8,13,18H,1-2,5,7,9-11H2,(H,16,19). The van der Waals surface area contributed by atoms with Gasteiger partial charge in [-0.05, 0) is 31.0 Å². The summed E-state index contributed by atoms with van der Waals surface area (Å²) in [7, 11) is 0. The van der Waals surface area contributed by atoms with Crippen LogP contribution in [-0.4, -0.2) is 46.6 Å². The van der Waals surface area contributed by atoms with E-state index in [-0.39, 0.29) is 18.6 Å². The maximum absolute atomic E-state index is 11.9. The van der Waals surface area contributed by atoms with Crippen LogP contribution in [0.2, 0.25) is 0 Å². The van der Waals surface area contributed by atoms with Gasteiger partial charge < -0.3 is 10.4 Å². The molecule has 5 heteroatoms. The number of aliphatic hydroxyl groups excluding tert-OH is 1. The molecule has 19 heavy (non-hydrogen) atoms. The van der Waals surface area contributed by atoms with E-state index in [9.17, 15) is 9.90 Å². The summed E-state index contributed by atoms with van der Waals surface area (Å²) in [5.74, 6) is 0.00389. The second-order valence-corrected chi connectivity index (χ2v) is 4.94. The molecule has 1 atom stereocenters. The number of carbonyl (C=O) groups excluding carboxylic acids is 1. The Kier molecular flexibility index (Phi) is 5.30. The highest BCUT2D eigenvalue weighted by Crippen LogP contribution is 2.15. The molecule has 1 amide bonds. The Balaban J connectivity index is 1.77. The Morgan fingerprint density at radius 2 is 2.42 bits per heavy atom. The van der Waals surface area contributed by atoms with Crippen molar-refractivity contribution in [3.8, 4) is 0 Å². The molecular weight excluding hydrogens is 242 g/mol. The molecule has 0 saturated carbocycles. The van der Waals surface area contributed by atoms with Crippen LogP contribution in [0.3, 0.4) is 0 Å². The van der Waals surface area contributed by atoms with Crippen molar-refractivity contribution in [1.29, 1.82) is 0 Å². The van der Waals surface area contributed by atoms with Gasteiger partial charge in [-0.2, -0.15) is 0 Å². The molecule has 2 heterocycles. The van der Waals surface area contributed by atoms with E-state index in [1.54, 1.807) is 12.4 Å². The zero-order valence-electron chi connectivity index (χ0n) is 11.1. The largest absolute Gasteiger partial charge is 0.395 e. The number of carbonyl (C=O) groups is 1. The van der Waals surface area contributed by atoms with Crippen LogP contribution in [0.5, 0.6) is 0 Å². The molecule has 1 unspecified atom stereocenters. The Labute approximate surface area is 113 Å². The van der Waals surface area contributed by atoms with Crippen molar-refractivity contribution >= 4 is 5.91 Å². The molecule has 1 saturated heterocycles. The van der Waals surface area contributed by atoms with Crippen LogP contribution < -0.4 is 5.32 Å². The third-order valence-corrected chi connectivity index (χ3v) is 3.52. The third-order valence-electron chi connectivity index (χ3n) is 3.52. The lowest BCUT2D eigenvalue weighted by Gasteiger charge is -2.33. The van der Waals surface area contributed by atoms with Crippen LogP contribution >= 0.6 is 0 Å². The highest BCUT2D eigenvalue weighted by molar-refractivity contribution is 5.78. The van der Waals surface area contributed by atoms with Gasteiger partial charge in [0.25, 0.3) is 0 Å². The van der Waals surface area contributed by atoms with Gasteiger partial charge in [0.1, 0.15) is 0 Å². The molecule has 0 radical (unpaired) electrons. The smallest absolute Gasteiger partial charge is 0.234 e. The van der Waals surface area contributed by atoms with Crippen LogP contribution in [0.4, 0.5) is 0 Å². The zero-order chi connectivity index (χ0) is 13.5. The Bertz CT molecular complexity index is 397. The highest BCUT2D eigenvalue weighted by Gasteiger charge is 2.23. The van der Waals surface area contributed by atoms with Gasteiger partial charge in [0, 0.05) is 25.0 Å². The van der Waals surface area contributed by atoms with Crippen LogP contribution in [-0.2, 0) is 11.3 Å². The predicted molar refractivity (Wildman–Crippen MR) is 72.4 cm³/mol. The minimum atomic E-state index is 0.00389. The molecule has 2 N–H and O–H groups in total. The molecule has 2 rings (SSSR count). The first kappa shape index (κ1) is 14.0. The first-order chi connectivity index (χ1) is 9.29. The number of aliphatic hydroxyl groups is 1. The van der Waals surface area contributed by atoms with Crippen LogP contribution in [0.1, 0.15) is 24.8 Å². The second kappa shape index (κ2) is 7.21. The van der Waals surface area contributed by atoms with Gasteiger partial charge in [0.15, 0.2) is 0 Å². The van der Waals surface area contributed by atoms with E-state index in [1.807, 2.05) is 12.1 Å². The summed E-state index contributed by atoms with van der Waals surface area (Å²) in [6.45, 7) is 1.90. The van der Waals surface area contributed by atoms with Crippen molar-refractivity contribution in [1.82, 2.24) is 15.2 Å². The number of hydrogen-bond acceptors (Lipinski definition) is 4. The average Bonchev–Trinajstić information content (AvgIpc) is 2.47. The van der Waals surface area contributed by atoms with Gasteiger partial charge in [-0.15, -0.1) is 0 Å². The van der Waals surface area contributed by atoms with E-state index in [0.29, 0.717) is 13.1 Å². The average molecular weight is 263 g/mol. The van der Waals surface area contributed by atoms with Gasteiger partial charge in [-0.3, -0.25) is 14.7 Å². The summed E-state index contributed by atoms with van der Waals surface area (Å²) in [6.07, 6.45) is 6.68. The normalized spacial score (nSPS) is 20.2. The number of aromatic nitrogens is 1. The quantitative estimate of drug-likeness (QED) is 0.814. The predicted octanol–water partition coefficient (Wildman–Crippen LogP) is 0.545. The Morgan fingerprint density at radius 3 is 3.16 bits per heavy atom. The second-order valence-electron chi connectivity index (χ2n) is 4.94. The van der Waals surface area contributed by atoms with Crippen molar-refractivity contribution in [2.45, 2.75) is 31.8 Å². The molecule has 1 aliphatic heterocycles. The maximum Gasteiger partial charge on any atom is 0.234 e. The van der Waals surface area contributed by atoms with E-state index >= 15 is 0 Å². The fourth-order valence-corrected chi connectivity index (χ4v) is 2.42. The SMILES string of the molecule is O=C(CN1CCCCC1CO)NCc1cccnc1. The fourth-order valence-electron chi connectivity index (χ4n) is 2.42.